The molecule has 0 aliphatic heterocycles. The van der Waals surface area contributed by atoms with Crippen molar-refractivity contribution < 1.29 is 9.53 Å². The fraction of sp³-hybridized carbons (Fsp3) is 0.120. The average Bonchev–Trinajstić information content (AvgIpc) is 2.74. The third-order valence-electron chi connectivity index (χ3n) is 4.57. The van der Waals surface area contributed by atoms with Crippen molar-refractivity contribution in [1.29, 1.82) is 5.26 Å². The molecule has 0 bridgehead atoms. The minimum absolute atomic E-state index is 0.0569. The Hall–Kier alpha value is -3.26. The van der Waals surface area contributed by atoms with E-state index >= 15 is 0 Å². The van der Waals surface area contributed by atoms with Crippen LogP contribution in [0.5, 0.6) is 5.75 Å². The molecular formula is C25H20Cl2N2O2. The molecule has 6 heteroatoms. The van der Waals surface area contributed by atoms with Gasteiger partial charge in [0.05, 0.1) is 0 Å². The van der Waals surface area contributed by atoms with Crippen molar-refractivity contribution >= 4 is 40.9 Å². The van der Waals surface area contributed by atoms with Crippen molar-refractivity contribution in [3.8, 4) is 11.8 Å². The third-order valence-corrected chi connectivity index (χ3v) is 5.06. The summed E-state index contributed by atoms with van der Waals surface area (Å²) in [5.41, 5.74) is 4.07. The van der Waals surface area contributed by atoms with E-state index in [1.807, 2.05) is 50.2 Å². The molecule has 1 N–H and O–H groups in total. The summed E-state index contributed by atoms with van der Waals surface area (Å²) in [7, 11) is 0. The zero-order valence-corrected chi connectivity index (χ0v) is 18.6. The molecule has 0 atom stereocenters. The van der Waals surface area contributed by atoms with Crippen LogP contribution in [0.15, 0.2) is 66.2 Å². The number of hydrogen-bond donors (Lipinski definition) is 1. The Labute approximate surface area is 191 Å². The number of anilines is 1. The van der Waals surface area contributed by atoms with E-state index in [1.165, 1.54) is 6.08 Å². The molecule has 0 spiro atoms. The SMILES string of the molecule is Cc1ccc(NC(=O)/C(C#N)=C/c2cc(Cl)ccc2OCc2ccc(Cl)cc2)c(C)c1. The molecule has 0 aliphatic rings. The normalized spacial score (nSPS) is 11.0. The number of carbonyl (C=O) groups excluding carboxylic acids is 1. The summed E-state index contributed by atoms with van der Waals surface area (Å²) < 4.78 is 5.91. The topological polar surface area (TPSA) is 62.1 Å². The van der Waals surface area contributed by atoms with Gasteiger partial charge in [-0.25, -0.2) is 0 Å². The molecule has 0 aromatic heterocycles. The Kier molecular flexibility index (Phi) is 7.36. The van der Waals surface area contributed by atoms with Crippen molar-refractivity contribution in [3.63, 3.8) is 0 Å². The molecule has 31 heavy (non-hydrogen) atoms. The standard InChI is InChI=1S/C25H20Cl2N2O2/c1-16-3-9-23(17(2)11-16)29-25(30)20(14-28)12-19-13-22(27)8-10-24(19)31-15-18-4-6-21(26)7-5-18/h3-13H,15H2,1-2H3,(H,29,30)/b20-12+. The highest BCUT2D eigenvalue weighted by Gasteiger charge is 2.13. The Morgan fingerprint density at radius 1 is 1.03 bits per heavy atom. The largest absolute Gasteiger partial charge is 0.488 e. The molecule has 0 radical (unpaired) electrons. The van der Waals surface area contributed by atoms with E-state index in [4.69, 9.17) is 27.9 Å². The first-order valence-electron chi connectivity index (χ1n) is 9.53. The first-order valence-corrected chi connectivity index (χ1v) is 10.3. The zero-order chi connectivity index (χ0) is 22.4. The van der Waals surface area contributed by atoms with Crippen LogP contribution in [0.3, 0.4) is 0 Å². The summed E-state index contributed by atoms with van der Waals surface area (Å²) in [6, 6.07) is 20.0. The third kappa shape index (κ3) is 6.11. The second kappa shape index (κ2) is 10.2. The smallest absolute Gasteiger partial charge is 0.266 e. The molecular weight excluding hydrogens is 431 g/mol. The van der Waals surface area contributed by atoms with E-state index in [0.29, 0.717) is 33.7 Å². The van der Waals surface area contributed by atoms with Gasteiger partial charge < -0.3 is 10.1 Å². The number of aryl methyl sites for hydroxylation is 2. The van der Waals surface area contributed by atoms with Crippen molar-refractivity contribution in [1.82, 2.24) is 0 Å². The second-order valence-electron chi connectivity index (χ2n) is 7.04. The van der Waals surface area contributed by atoms with Crippen molar-refractivity contribution in [2.24, 2.45) is 0 Å². The molecule has 0 aliphatic carbocycles. The highest BCUT2D eigenvalue weighted by molar-refractivity contribution is 6.31. The van der Waals surface area contributed by atoms with Crippen LogP contribution in [0.25, 0.3) is 6.08 Å². The van der Waals surface area contributed by atoms with Gasteiger partial charge >= 0.3 is 0 Å². The maximum absolute atomic E-state index is 12.7. The van der Waals surface area contributed by atoms with Gasteiger partial charge in [-0.1, -0.05) is 53.0 Å². The fourth-order valence-electron chi connectivity index (χ4n) is 2.95. The van der Waals surface area contributed by atoms with Crippen molar-refractivity contribution in [3.05, 3.63) is 98.5 Å². The number of hydrogen-bond acceptors (Lipinski definition) is 3. The molecule has 0 fully saturated rings. The first-order chi connectivity index (χ1) is 14.9. The van der Waals surface area contributed by atoms with Gasteiger partial charge in [0.1, 0.15) is 24.0 Å². The summed E-state index contributed by atoms with van der Waals surface area (Å²) in [6.07, 6.45) is 1.47. The van der Waals surface area contributed by atoms with Crippen LogP contribution < -0.4 is 10.1 Å². The van der Waals surface area contributed by atoms with Gasteiger partial charge in [0.2, 0.25) is 0 Å². The number of ether oxygens (including phenoxy) is 1. The average molecular weight is 451 g/mol. The van der Waals surface area contributed by atoms with Crippen LogP contribution in [0.4, 0.5) is 5.69 Å². The van der Waals surface area contributed by atoms with Crippen LogP contribution in [0.1, 0.15) is 22.3 Å². The summed E-state index contributed by atoms with van der Waals surface area (Å²) >= 11 is 12.1. The summed E-state index contributed by atoms with van der Waals surface area (Å²) in [5, 5.41) is 13.5. The van der Waals surface area contributed by atoms with Gasteiger partial charge in [0, 0.05) is 21.3 Å². The monoisotopic (exact) mass is 450 g/mol. The molecule has 3 rings (SSSR count). The number of amides is 1. The lowest BCUT2D eigenvalue weighted by atomic mass is 10.1. The van der Waals surface area contributed by atoms with Crippen molar-refractivity contribution in [2.75, 3.05) is 5.32 Å². The Balaban J connectivity index is 1.83. The van der Waals surface area contributed by atoms with Crippen LogP contribution in [0.2, 0.25) is 10.0 Å². The van der Waals surface area contributed by atoms with Gasteiger partial charge in [-0.05, 0) is 67.4 Å². The van der Waals surface area contributed by atoms with Gasteiger partial charge in [0.25, 0.3) is 5.91 Å². The van der Waals surface area contributed by atoms with Gasteiger partial charge in [-0.3, -0.25) is 4.79 Å². The first kappa shape index (κ1) is 22.4. The second-order valence-corrected chi connectivity index (χ2v) is 7.91. The molecule has 0 saturated carbocycles. The Morgan fingerprint density at radius 2 is 1.74 bits per heavy atom. The molecule has 0 heterocycles. The van der Waals surface area contributed by atoms with Crippen LogP contribution in [0, 0.1) is 25.2 Å². The molecule has 156 valence electrons. The lowest BCUT2D eigenvalue weighted by Gasteiger charge is -2.11. The number of carbonyl (C=O) groups is 1. The van der Waals surface area contributed by atoms with Crippen LogP contribution in [-0.2, 0) is 11.4 Å². The zero-order valence-electron chi connectivity index (χ0n) is 17.1. The minimum atomic E-state index is -0.502. The predicted molar refractivity (Wildman–Crippen MR) is 125 cm³/mol. The number of nitriles is 1. The van der Waals surface area contributed by atoms with Gasteiger partial charge in [0.15, 0.2) is 0 Å². The summed E-state index contributed by atoms with van der Waals surface area (Å²) in [6.45, 7) is 4.18. The van der Waals surface area contributed by atoms with E-state index in [0.717, 1.165) is 16.7 Å². The number of rotatable bonds is 6. The van der Waals surface area contributed by atoms with E-state index in [2.05, 4.69) is 5.32 Å². The predicted octanol–water partition coefficient (Wildman–Crippen LogP) is 6.73. The quantitative estimate of drug-likeness (QED) is 0.334. The molecule has 3 aromatic carbocycles. The van der Waals surface area contributed by atoms with E-state index < -0.39 is 5.91 Å². The highest BCUT2D eigenvalue weighted by atomic mass is 35.5. The van der Waals surface area contributed by atoms with Gasteiger partial charge in [-0.2, -0.15) is 5.26 Å². The Morgan fingerprint density at radius 3 is 2.42 bits per heavy atom. The summed E-state index contributed by atoms with van der Waals surface area (Å²) in [4.78, 5) is 12.7. The summed E-state index contributed by atoms with van der Waals surface area (Å²) in [5.74, 6) is 0.00416. The number of nitrogens with one attached hydrogen (secondary N) is 1. The van der Waals surface area contributed by atoms with Crippen LogP contribution in [-0.4, -0.2) is 5.91 Å². The fourth-order valence-corrected chi connectivity index (χ4v) is 3.26. The highest BCUT2D eigenvalue weighted by Crippen LogP contribution is 2.27. The minimum Gasteiger partial charge on any atom is -0.488 e. The van der Waals surface area contributed by atoms with Crippen molar-refractivity contribution in [2.45, 2.75) is 20.5 Å². The number of benzene rings is 3. The molecule has 4 nitrogen and oxygen atoms in total. The van der Waals surface area contributed by atoms with E-state index in [1.54, 1.807) is 30.3 Å². The van der Waals surface area contributed by atoms with Crippen LogP contribution >= 0.6 is 23.2 Å². The maximum Gasteiger partial charge on any atom is 0.266 e. The maximum atomic E-state index is 12.7. The molecule has 1 amide bonds. The van der Waals surface area contributed by atoms with E-state index in [-0.39, 0.29) is 5.57 Å². The Bertz CT molecular complexity index is 1180. The van der Waals surface area contributed by atoms with Gasteiger partial charge in [-0.15, -0.1) is 0 Å². The number of halogens is 2. The number of nitrogens with zero attached hydrogens (tertiary/aromatic N) is 1. The molecule has 0 saturated heterocycles. The molecule has 0 unspecified atom stereocenters. The molecule has 3 aromatic rings. The van der Waals surface area contributed by atoms with E-state index in [9.17, 15) is 10.1 Å². The lowest BCUT2D eigenvalue weighted by Crippen LogP contribution is -2.14. The lowest BCUT2D eigenvalue weighted by molar-refractivity contribution is -0.112.